The zero-order valence-corrected chi connectivity index (χ0v) is 19.5. The molecule has 0 radical (unpaired) electrons. The lowest BCUT2D eigenvalue weighted by atomic mass is 10.0. The lowest BCUT2D eigenvalue weighted by Crippen LogP contribution is -2.51. The number of carbonyl (C=O) groups excluding carboxylic acids is 1. The highest BCUT2D eigenvalue weighted by Crippen LogP contribution is 2.35. The summed E-state index contributed by atoms with van der Waals surface area (Å²) in [6.45, 7) is 16.4. The standard InChI is InChI=1S/C23H29N3O6S/c1-6-15(19(29)20(30)17(28)10-27)26-22(31)21-13(4)25-23(33-21)14-7-8-18(16(9-14)24-5)32-11-12(2)3/h6-9,12,15,17,19-20,27-30H,1,10-11H2,2-4H3,(H,26,31). The maximum absolute atomic E-state index is 12.8. The zero-order chi connectivity index (χ0) is 24.7. The minimum Gasteiger partial charge on any atom is -0.504 e. The third-order valence-electron chi connectivity index (χ3n) is 4.75. The summed E-state index contributed by atoms with van der Waals surface area (Å²) in [4.78, 5) is 21.1. The number of rotatable bonds is 11. The second kappa shape index (κ2) is 11.9. The molecule has 5 N–H and O–H groups in total. The van der Waals surface area contributed by atoms with Crippen LogP contribution in [0, 0.1) is 19.4 Å². The highest BCUT2D eigenvalue weighted by Gasteiger charge is 2.31. The fourth-order valence-electron chi connectivity index (χ4n) is 2.90. The van der Waals surface area contributed by atoms with Crippen molar-refractivity contribution in [3.8, 4) is 16.3 Å². The van der Waals surface area contributed by atoms with Gasteiger partial charge in [0.25, 0.3) is 5.91 Å². The van der Waals surface area contributed by atoms with E-state index in [0.717, 1.165) is 11.3 Å². The van der Waals surface area contributed by atoms with Gasteiger partial charge in [0.1, 0.15) is 33.9 Å². The minimum absolute atomic E-state index is 0.283. The number of aryl methyl sites for hydroxylation is 1. The van der Waals surface area contributed by atoms with Crippen molar-refractivity contribution in [1.82, 2.24) is 10.3 Å². The fourth-order valence-corrected chi connectivity index (χ4v) is 3.86. The number of aliphatic hydroxyl groups is 4. The Morgan fingerprint density at radius 3 is 2.61 bits per heavy atom. The van der Waals surface area contributed by atoms with Crippen LogP contribution < -0.4 is 10.1 Å². The van der Waals surface area contributed by atoms with Crippen LogP contribution >= 0.6 is 11.3 Å². The van der Waals surface area contributed by atoms with Crippen molar-refractivity contribution in [2.24, 2.45) is 5.92 Å². The van der Waals surface area contributed by atoms with Gasteiger partial charge in [0.05, 0.1) is 31.5 Å². The Kier molecular flexibility index (Phi) is 9.52. The smallest absolute Gasteiger partial charge is 0.263 e. The van der Waals surface area contributed by atoms with Crippen molar-refractivity contribution in [3.63, 3.8) is 0 Å². The summed E-state index contributed by atoms with van der Waals surface area (Å²) in [5, 5.41) is 41.7. The molecule has 1 aromatic carbocycles. The molecule has 1 aromatic heterocycles. The van der Waals surface area contributed by atoms with Crippen molar-refractivity contribution >= 4 is 22.9 Å². The molecule has 10 heteroatoms. The van der Waals surface area contributed by atoms with Crippen molar-refractivity contribution in [3.05, 3.63) is 52.8 Å². The van der Waals surface area contributed by atoms with E-state index in [0.29, 0.717) is 40.2 Å². The molecule has 9 nitrogen and oxygen atoms in total. The monoisotopic (exact) mass is 475 g/mol. The maximum Gasteiger partial charge on any atom is 0.263 e. The maximum atomic E-state index is 12.8. The van der Waals surface area contributed by atoms with E-state index in [9.17, 15) is 20.1 Å². The summed E-state index contributed by atoms with van der Waals surface area (Å²) in [6, 6.07) is 4.06. The molecule has 0 fully saturated rings. The SMILES string of the molecule is [C-]#[N+]c1cc(-c2nc(C)c(C(=O)NC(C=C)C(O)C(O)C(O)CO)s2)ccc1OCC(C)C. The Hall–Kier alpha value is -2.81. The zero-order valence-electron chi connectivity index (χ0n) is 18.7. The van der Waals surface area contributed by atoms with E-state index in [1.807, 2.05) is 13.8 Å². The quantitative estimate of drug-likeness (QED) is 0.248. The molecule has 0 aliphatic rings. The number of aliphatic hydroxyl groups excluding tert-OH is 4. The number of hydrogen-bond donors (Lipinski definition) is 5. The van der Waals surface area contributed by atoms with Crippen molar-refractivity contribution in [2.75, 3.05) is 13.2 Å². The normalized spacial score (nSPS) is 14.8. The molecule has 2 aromatic rings. The molecule has 0 saturated carbocycles. The van der Waals surface area contributed by atoms with E-state index in [1.54, 1.807) is 25.1 Å². The Morgan fingerprint density at radius 2 is 2.03 bits per heavy atom. The molecule has 4 unspecified atom stereocenters. The average Bonchev–Trinajstić information content (AvgIpc) is 3.20. The van der Waals surface area contributed by atoms with Gasteiger partial charge >= 0.3 is 0 Å². The van der Waals surface area contributed by atoms with Gasteiger partial charge in [-0.15, -0.1) is 17.9 Å². The molecule has 0 bridgehead atoms. The average molecular weight is 476 g/mol. The van der Waals surface area contributed by atoms with Gasteiger partial charge in [-0.25, -0.2) is 9.83 Å². The second-order valence-electron chi connectivity index (χ2n) is 7.90. The van der Waals surface area contributed by atoms with Crippen molar-refractivity contribution in [2.45, 2.75) is 45.1 Å². The summed E-state index contributed by atoms with van der Waals surface area (Å²) >= 11 is 1.11. The predicted molar refractivity (Wildman–Crippen MR) is 125 cm³/mol. The van der Waals surface area contributed by atoms with E-state index < -0.39 is 36.9 Å². The molecule has 0 spiro atoms. The van der Waals surface area contributed by atoms with Gasteiger partial charge in [0.2, 0.25) is 5.69 Å². The Labute approximate surface area is 196 Å². The number of benzene rings is 1. The van der Waals surface area contributed by atoms with Crippen molar-refractivity contribution < 1.29 is 30.0 Å². The summed E-state index contributed by atoms with van der Waals surface area (Å²) < 4.78 is 5.69. The Bertz CT molecular complexity index is 1020. The van der Waals surface area contributed by atoms with Crippen LogP contribution in [0.15, 0.2) is 30.9 Å². The molecule has 0 aliphatic heterocycles. The largest absolute Gasteiger partial charge is 0.504 e. The minimum atomic E-state index is -1.68. The van der Waals surface area contributed by atoms with Crippen molar-refractivity contribution in [1.29, 1.82) is 0 Å². The number of hydrogen-bond acceptors (Lipinski definition) is 8. The van der Waals surface area contributed by atoms with Crippen LogP contribution in [0.4, 0.5) is 5.69 Å². The third-order valence-corrected chi connectivity index (χ3v) is 5.96. The number of carbonyl (C=O) groups is 1. The van der Waals surface area contributed by atoms with Crippen LogP contribution in [0.25, 0.3) is 15.4 Å². The van der Waals surface area contributed by atoms with E-state index in [1.165, 1.54) is 6.08 Å². The Morgan fingerprint density at radius 1 is 1.33 bits per heavy atom. The number of nitrogens with one attached hydrogen (secondary N) is 1. The van der Waals surface area contributed by atoms with Gasteiger partial charge in [-0.05, 0) is 25.0 Å². The van der Waals surface area contributed by atoms with Gasteiger partial charge in [0.15, 0.2) is 0 Å². The molecule has 33 heavy (non-hydrogen) atoms. The molecule has 0 aliphatic carbocycles. The fraction of sp³-hybridized carbons (Fsp3) is 0.435. The number of ether oxygens (including phenoxy) is 1. The van der Waals surface area contributed by atoms with Crippen LogP contribution in [0.5, 0.6) is 5.75 Å². The molecule has 178 valence electrons. The summed E-state index contributed by atoms with van der Waals surface area (Å²) in [5.41, 5.74) is 1.45. The van der Waals surface area contributed by atoms with Crippen LogP contribution in [0.1, 0.15) is 29.2 Å². The summed E-state index contributed by atoms with van der Waals surface area (Å²) in [7, 11) is 0. The van der Waals surface area contributed by atoms with Gasteiger partial charge < -0.3 is 30.5 Å². The first kappa shape index (κ1) is 26.4. The summed E-state index contributed by atoms with van der Waals surface area (Å²) in [5.74, 6) is 0.255. The molecular formula is C23H29N3O6S. The van der Waals surface area contributed by atoms with Gasteiger partial charge in [0, 0.05) is 5.56 Å². The first-order chi connectivity index (χ1) is 15.6. The molecule has 1 amide bonds. The van der Waals surface area contributed by atoms with Gasteiger partial charge in [-0.3, -0.25) is 4.79 Å². The third kappa shape index (κ3) is 6.60. The van der Waals surface area contributed by atoms with E-state index in [-0.39, 0.29) is 4.88 Å². The first-order valence-corrected chi connectivity index (χ1v) is 11.1. The molecule has 0 saturated heterocycles. The second-order valence-corrected chi connectivity index (χ2v) is 8.90. The summed E-state index contributed by atoms with van der Waals surface area (Å²) in [6.07, 6.45) is -3.61. The van der Waals surface area contributed by atoms with Gasteiger partial charge in [-0.1, -0.05) is 26.0 Å². The molecular weight excluding hydrogens is 446 g/mol. The highest BCUT2D eigenvalue weighted by molar-refractivity contribution is 7.17. The number of amides is 1. The van der Waals surface area contributed by atoms with E-state index >= 15 is 0 Å². The lowest BCUT2D eigenvalue weighted by molar-refractivity contribution is -0.0813. The molecule has 1 heterocycles. The number of aromatic nitrogens is 1. The van der Waals surface area contributed by atoms with Crippen LogP contribution in [0.2, 0.25) is 0 Å². The van der Waals surface area contributed by atoms with E-state index in [4.69, 9.17) is 16.4 Å². The molecule has 4 atom stereocenters. The number of thiazole rings is 1. The first-order valence-electron chi connectivity index (χ1n) is 10.3. The molecule has 2 rings (SSSR count). The predicted octanol–water partition coefficient (Wildman–Crippen LogP) is 2.06. The van der Waals surface area contributed by atoms with Crippen LogP contribution in [0.3, 0.4) is 0 Å². The van der Waals surface area contributed by atoms with Crippen LogP contribution in [-0.4, -0.2) is 68.9 Å². The lowest BCUT2D eigenvalue weighted by Gasteiger charge is -2.27. The Balaban J connectivity index is 2.23. The number of nitrogens with zero attached hydrogens (tertiary/aromatic N) is 2. The topological polar surface area (TPSA) is 136 Å². The van der Waals surface area contributed by atoms with E-state index in [2.05, 4.69) is 21.7 Å². The van der Waals surface area contributed by atoms with Gasteiger partial charge in [-0.2, -0.15) is 0 Å². The van der Waals surface area contributed by atoms with Crippen LogP contribution in [-0.2, 0) is 0 Å². The highest BCUT2D eigenvalue weighted by atomic mass is 32.1.